The molecule has 154 valence electrons. The summed E-state index contributed by atoms with van der Waals surface area (Å²) in [6.07, 6.45) is 12.0. The van der Waals surface area contributed by atoms with Crippen molar-refractivity contribution < 1.29 is 0 Å². The van der Waals surface area contributed by atoms with Crippen LogP contribution in [0.25, 0.3) is 33.8 Å². The van der Waals surface area contributed by atoms with Crippen LogP contribution < -0.4 is 0 Å². The first-order valence-corrected chi connectivity index (χ1v) is 10.6. The second kappa shape index (κ2) is 8.21. The number of rotatable bonds is 4. The summed E-state index contributed by atoms with van der Waals surface area (Å²) < 4.78 is 2.10. The molecule has 6 heteroatoms. The van der Waals surface area contributed by atoms with Crippen LogP contribution in [-0.4, -0.2) is 44.8 Å². The molecule has 0 bridgehead atoms. The Morgan fingerprint density at radius 3 is 2.74 bits per heavy atom. The van der Waals surface area contributed by atoms with Crippen molar-refractivity contribution >= 4 is 22.7 Å². The monoisotopic (exact) mass is 408 g/mol. The third-order valence-corrected chi connectivity index (χ3v) is 6.07. The quantitative estimate of drug-likeness (QED) is 0.494. The van der Waals surface area contributed by atoms with Crippen LogP contribution in [0.4, 0.5) is 0 Å². The van der Waals surface area contributed by atoms with E-state index in [0.29, 0.717) is 11.6 Å². The van der Waals surface area contributed by atoms with E-state index in [4.69, 9.17) is 0 Å². The minimum Gasteiger partial charge on any atom is -0.346 e. The van der Waals surface area contributed by atoms with Crippen LogP contribution >= 0.6 is 0 Å². The standard InChI is InChI=1S/C25H24N6/c1-30-9-7-23(8-10-30)31-17-22(16-29-31)20-12-24-21(15-28-25(24)27-14-20)11-19(13-26)18-5-3-2-4-6-18/h2-6,11-12,14-17,23H,7-10H2,1H3,(H,27,28). The van der Waals surface area contributed by atoms with Crippen molar-refractivity contribution in [2.24, 2.45) is 0 Å². The van der Waals surface area contributed by atoms with Crippen molar-refractivity contribution in [2.45, 2.75) is 18.9 Å². The number of hydrogen-bond acceptors (Lipinski definition) is 4. The van der Waals surface area contributed by atoms with Gasteiger partial charge in [-0.05, 0) is 50.7 Å². The van der Waals surface area contributed by atoms with Crippen LogP contribution in [0.2, 0.25) is 0 Å². The lowest BCUT2D eigenvalue weighted by atomic mass is 10.0. The van der Waals surface area contributed by atoms with Gasteiger partial charge < -0.3 is 9.88 Å². The molecule has 1 fully saturated rings. The Hall–Kier alpha value is -3.69. The Labute approximate surface area is 181 Å². The van der Waals surface area contributed by atoms with Gasteiger partial charge in [-0.3, -0.25) is 4.68 Å². The van der Waals surface area contributed by atoms with Gasteiger partial charge in [0.05, 0.1) is 23.9 Å². The van der Waals surface area contributed by atoms with E-state index in [0.717, 1.165) is 59.2 Å². The summed E-state index contributed by atoms with van der Waals surface area (Å²) >= 11 is 0. The van der Waals surface area contributed by atoms with Gasteiger partial charge in [-0.2, -0.15) is 10.4 Å². The third kappa shape index (κ3) is 3.88. The molecule has 1 aliphatic rings. The van der Waals surface area contributed by atoms with E-state index in [1.807, 2.05) is 55.0 Å². The molecule has 0 spiro atoms. The van der Waals surface area contributed by atoms with Gasteiger partial charge in [-0.15, -0.1) is 0 Å². The van der Waals surface area contributed by atoms with Gasteiger partial charge in [0.1, 0.15) is 5.65 Å². The first-order chi connectivity index (χ1) is 15.2. The first-order valence-electron chi connectivity index (χ1n) is 10.6. The summed E-state index contributed by atoms with van der Waals surface area (Å²) in [6, 6.07) is 14.6. The predicted octanol–water partition coefficient (Wildman–Crippen LogP) is 4.76. The van der Waals surface area contributed by atoms with Crippen LogP contribution in [0.15, 0.2) is 61.2 Å². The summed E-state index contributed by atoms with van der Waals surface area (Å²) in [6.45, 7) is 2.21. The van der Waals surface area contributed by atoms with Crippen LogP contribution in [0.3, 0.4) is 0 Å². The van der Waals surface area contributed by atoms with Crippen LogP contribution in [0, 0.1) is 11.3 Å². The summed E-state index contributed by atoms with van der Waals surface area (Å²) in [5.41, 5.74) is 5.38. The number of aromatic nitrogens is 4. The summed E-state index contributed by atoms with van der Waals surface area (Å²) in [5, 5.41) is 15.3. The molecule has 0 atom stereocenters. The molecule has 6 nitrogen and oxygen atoms in total. The van der Waals surface area contributed by atoms with E-state index in [1.165, 1.54) is 0 Å². The Bertz CT molecular complexity index is 1270. The van der Waals surface area contributed by atoms with E-state index in [2.05, 4.69) is 50.0 Å². The fraction of sp³-hybridized carbons (Fsp3) is 0.240. The lowest BCUT2D eigenvalue weighted by Crippen LogP contribution is -2.31. The van der Waals surface area contributed by atoms with Gasteiger partial charge in [-0.25, -0.2) is 4.98 Å². The Morgan fingerprint density at radius 1 is 1.16 bits per heavy atom. The van der Waals surface area contributed by atoms with E-state index in [9.17, 15) is 5.26 Å². The van der Waals surface area contributed by atoms with Gasteiger partial charge in [0.2, 0.25) is 0 Å². The van der Waals surface area contributed by atoms with Gasteiger partial charge in [0.15, 0.2) is 0 Å². The molecule has 4 heterocycles. The smallest absolute Gasteiger partial charge is 0.137 e. The first kappa shape index (κ1) is 19.3. The van der Waals surface area contributed by atoms with Gasteiger partial charge >= 0.3 is 0 Å². The highest BCUT2D eigenvalue weighted by atomic mass is 15.3. The number of piperidine rings is 1. The molecule has 31 heavy (non-hydrogen) atoms. The Balaban J connectivity index is 1.47. The highest BCUT2D eigenvalue weighted by molar-refractivity contribution is 5.97. The molecule has 0 unspecified atom stereocenters. The topological polar surface area (TPSA) is 73.5 Å². The zero-order valence-corrected chi connectivity index (χ0v) is 17.5. The highest BCUT2D eigenvalue weighted by Crippen LogP contribution is 2.29. The van der Waals surface area contributed by atoms with E-state index >= 15 is 0 Å². The molecule has 5 rings (SSSR count). The van der Waals surface area contributed by atoms with Crippen molar-refractivity contribution in [1.29, 1.82) is 5.26 Å². The summed E-state index contributed by atoms with van der Waals surface area (Å²) in [7, 11) is 2.17. The molecule has 1 aromatic carbocycles. The zero-order chi connectivity index (χ0) is 21.2. The number of benzene rings is 1. The maximum absolute atomic E-state index is 9.67. The molecular weight excluding hydrogens is 384 g/mol. The minimum absolute atomic E-state index is 0.455. The van der Waals surface area contributed by atoms with Crippen LogP contribution in [-0.2, 0) is 0 Å². The zero-order valence-electron chi connectivity index (χ0n) is 17.5. The molecule has 1 saturated heterocycles. The molecule has 0 aliphatic carbocycles. The van der Waals surface area contributed by atoms with Crippen molar-refractivity contribution in [1.82, 2.24) is 24.6 Å². The third-order valence-electron chi connectivity index (χ3n) is 6.07. The largest absolute Gasteiger partial charge is 0.346 e. The van der Waals surface area contributed by atoms with Crippen molar-refractivity contribution in [3.05, 3.63) is 72.3 Å². The number of likely N-dealkylation sites (tertiary alicyclic amines) is 1. The molecule has 3 aromatic heterocycles. The number of aromatic amines is 1. The summed E-state index contributed by atoms with van der Waals surface area (Å²) in [5.74, 6) is 0. The molecule has 4 aromatic rings. The molecule has 0 radical (unpaired) electrons. The van der Waals surface area contributed by atoms with Gasteiger partial charge in [0, 0.05) is 40.7 Å². The fourth-order valence-corrected chi connectivity index (χ4v) is 4.20. The number of pyridine rings is 1. The van der Waals surface area contributed by atoms with Crippen LogP contribution in [0.1, 0.15) is 30.0 Å². The Kier molecular flexibility index (Phi) is 5.11. The maximum Gasteiger partial charge on any atom is 0.137 e. The molecule has 0 amide bonds. The average molecular weight is 409 g/mol. The van der Waals surface area contributed by atoms with Crippen molar-refractivity contribution in [3.8, 4) is 17.2 Å². The maximum atomic E-state index is 9.67. The van der Waals surface area contributed by atoms with E-state index in [-0.39, 0.29) is 0 Å². The lowest BCUT2D eigenvalue weighted by molar-refractivity contribution is 0.212. The Morgan fingerprint density at radius 2 is 1.97 bits per heavy atom. The molecule has 1 N–H and O–H groups in total. The second-order valence-electron chi connectivity index (χ2n) is 8.14. The highest BCUT2D eigenvalue weighted by Gasteiger charge is 2.19. The second-order valence-corrected chi connectivity index (χ2v) is 8.14. The normalized spacial score (nSPS) is 15.9. The van der Waals surface area contributed by atoms with Gasteiger partial charge in [0.25, 0.3) is 0 Å². The number of hydrogen-bond donors (Lipinski definition) is 1. The number of nitriles is 1. The predicted molar refractivity (Wildman–Crippen MR) is 123 cm³/mol. The SMILES string of the molecule is CN1CCC(n2cc(-c3cnc4[nH]cc(C=C(C#N)c5ccccc5)c4c3)cn2)CC1. The fourth-order valence-electron chi connectivity index (χ4n) is 4.20. The number of fused-ring (bicyclic) bond motifs is 1. The minimum atomic E-state index is 0.455. The molecular formula is C25H24N6. The summed E-state index contributed by atoms with van der Waals surface area (Å²) in [4.78, 5) is 10.2. The van der Waals surface area contributed by atoms with Gasteiger partial charge in [-0.1, -0.05) is 30.3 Å². The number of nitrogens with zero attached hydrogens (tertiary/aromatic N) is 5. The van der Waals surface area contributed by atoms with E-state index in [1.54, 1.807) is 0 Å². The molecule has 1 aliphatic heterocycles. The van der Waals surface area contributed by atoms with Crippen molar-refractivity contribution in [2.75, 3.05) is 20.1 Å². The number of nitrogens with one attached hydrogen (secondary N) is 1. The van der Waals surface area contributed by atoms with E-state index < -0.39 is 0 Å². The number of H-pyrrole nitrogens is 1. The van der Waals surface area contributed by atoms with Crippen LogP contribution in [0.5, 0.6) is 0 Å². The lowest BCUT2D eigenvalue weighted by Gasteiger charge is -2.28. The van der Waals surface area contributed by atoms with Crippen molar-refractivity contribution in [3.63, 3.8) is 0 Å². The number of allylic oxidation sites excluding steroid dienone is 1. The average Bonchev–Trinajstić information content (AvgIpc) is 3.46. The molecule has 0 saturated carbocycles.